The van der Waals surface area contributed by atoms with Crippen molar-refractivity contribution < 1.29 is 42.5 Å². The number of esters is 2. The Labute approximate surface area is 320 Å². The highest BCUT2D eigenvalue weighted by atomic mass is 32.2. The van der Waals surface area contributed by atoms with Crippen LogP contribution in [0.1, 0.15) is 28.7 Å². The lowest BCUT2D eigenvalue weighted by atomic mass is 9.95. The van der Waals surface area contributed by atoms with Gasteiger partial charge in [-0.1, -0.05) is 60.7 Å². The number of aromatic amines is 1. The van der Waals surface area contributed by atoms with Crippen molar-refractivity contribution in [1.29, 1.82) is 5.41 Å². The van der Waals surface area contributed by atoms with E-state index in [2.05, 4.69) is 15.3 Å². The molecule has 0 aliphatic heterocycles. The predicted octanol–water partition coefficient (Wildman–Crippen LogP) is 4.14. The van der Waals surface area contributed by atoms with Gasteiger partial charge in [-0.15, -0.1) is 0 Å². The normalized spacial score (nSPS) is 11.8. The lowest BCUT2D eigenvalue weighted by Crippen LogP contribution is -2.44. The molecule has 1 unspecified atom stereocenters. The van der Waals surface area contributed by atoms with Crippen molar-refractivity contribution in [1.82, 2.24) is 15.3 Å². The quantitative estimate of drug-likeness (QED) is 0.0470. The molecule has 0 aliphatic carbocycles. The first-order valence-electron chi connectivity index (χ1n) is 17.0. The fraction of sp³-hybridized carbons (Fsp3) is 0.125. The van der Waals surface area contributed by atoms with E-state index >= 15 is 0 Å². The molecule has 1 amide bonds. The molecule has 1 aromatic heterocycles. The summed E-state index contributed by atoms with van der Waals surface area (Å²) >= 11 is 0. The first-order valence-corrected chi connectivity index (χ1v) is 18.6. The van der Waals surface area contributed by atoms with Gasteiger partial charge in [0, 0.05) is 16.7 Å². The lowest BCUT2D eigenvalue weighted by Gasteiger charge is -2.18. The summed E-state index contributed by atoms with van der Waals surface area (Å²) < 4.78 is 35.3. The van der Waals surface area contributed by atoms with Gasteiger partial charge in [0.05, 0.1) is 34.3 Å². The van der Waals surface area contributed by atoms with Gasteiger partial charge in [-0.3, -0.25) is 15.0 Å². The zero-order valence-electron chi connectivity index (χ0n) is 29.6. The zero-order valence-corrected chi connectivity index (χ0v) is 30.4. The summed E-state index contributed by atoms with van der Waals surface area (Å²) in [4.78, 5) is 47.2. The molecule has 0 aliphatic rings. The molecule has 6 aromatic rings. The molecule has 0 saturated heterocycles. The monoisotopic (exact) mass is 776 g/mol. The standard InChI is InChI=1S/C40H36N6O9S/c41-38(42)26-11-13-31-32(18-26)46-39(45-31)30-16-25(15-29(37(30)50)28-19-27(56(43,52)53)12-14-34(28)47)17-35(48)44-33(40(51)55-22-24-9-5-2-6-10-24)20-36(49)54-21-23-7-3-1-4-8-23/h1-16,18-19,33,47,50H,17,20-22H2,(H3,41,42)(H,44,48)(H,45,46)(H2,43,52,53). The molecule has 56 heavy (non-hydrogen) atoms. The van der Waals surface area contributed by atoms with Gasteiger partial charge in [0.25, 0.3) is 0 Å². The van der Waals surface area contributed by atoms with Crippen LogP contribution in [0.5, 0.6) is 11.5 Å². The molecule has 1 heterocycles. The summed E-state index contributed by atoms with van der Waals surface area (Å²) in [5.74, 6) is -3.30. The number of imidazole rings is 1. The number of carbonyl (C=O) groups is 3. The number of nitrogens with two attached hydrogens (primary N) is 2. The molecule has 16 heteroatoms. The number of nitrogens with zero attached hydrogens (tertiary/aromatic N) is 1. The van der Waals surface area contributed by atoms with E-state index in [1.54, 1.807) is 72.8 Å². The smallest absolute Gasteiger partial charge is 0.329 e. The van der Waals surface area contributed by atoms with E-state index in [0.717, 1.165) is 23.8 Å². The second kappa shape index (κ2) is 16.5. The maximum Gasteiger partial charge on any atom is 0.329 e. The average molecular weight is 777 g/mol. The van der Waals surface area contributed by atoms with Gasteiger partial charge in [0.2, 0.25) is 15.9 Å². The average Bonchev–Trinajstić information content (AvgIpc) is 3.60. The predicted molar refractivity (Wildman–Crippen MR) is 205 cm³/mol. The third kappa shape index (κ3) is 9.36. The molecule has 9 N–H and O–H groups in total. The molecule has 5 aromatic carbocycles. The minimum absolute atomic E-state index is 0.0506. The highest BCUT2D eigenvalue weighted by molar-refractivity contribution is 7.89. The number of carbonyl (C=O) groups excluding carboxylic acids is 3. The number of nitrogen functional groups attached to an aromatic ring is 1. The van der Waals surface area contributed by atoms with E-state index in [0.29, 0.717) is 22.2 Å². The highest BCUT2D eigenvalue weighted by Crippen LogP contribution is 2.43. The summed E-state index contributed by atoms with van der Waals surface area (Å²) in [6.07, 6.45) is -0.986. The Morgan fingerprint density at radius 1 is 0.804 bits per heavy atom. The van der Waals surface area contributed by atoms with Gasteiger partial charge in [0.15, 0.2) is 0 Å². The maximum atomic E-state index is 13.7. The number of H-pyrrole nitrogens is 1. The van der Waals surface area contributed by atoms with Crippen molar-refractivity contribution in [2.45, 2.75) is 37.0 Å². The summed E-state index contributed by atoms with van der Waals surface area (Å²) in [5.41, 5.74) is 8.44. The van der Waals surface area contributed by atoms with Gasteiger partial charge in [-0.05, 0) is 65.2 Å². The van der Waals surface area contributed by atoms with Crippen LogP contribution in [0.15, 0.2) is 114 Å². The minimum Gasteiger partial charge on any atom is -0.507 e. The van der Waals surface area contributed by atoms with Gasteiger partial charge < -0.3 is 35.7 Å². The SMILES string of the molecule is N=C(N)c1ccc2nc(-c3cc(CC(=O)NC(CC(=O)OCc4ccccc4)C(=O)OCc4ccccc4)cc(-c4cc(S(N)(=O)=O)ccc4O)c3O)[nH]c2c1. The number of amides is 1. The van der Waals surface area contributed by atoms with Gasteiger partial charge in [0.1, 0.15) is 42.4 Å². The van der Waals surface area contributed by atoms with Crippen LogP contribution in [0.4, 0.5) is 0 Å². The van der Waals surface area contributed by atoms with E-state index in [1.165, 1.54) is 12.1 Å². The number of hydrogen-bond acceptors (Lipinski definition) is 11. The number of phenols is 2. The Bertz CT molecular complexity index is 2560. The second-order valence-electron chi connectivity index (χ2n) is 12.7. The van der Waals surface area contributed by atoms with E-state index < -0.39 is 58.3 Å². The number of aromatic nitrogens is 2. The Hall–Kier alpha value is -7.04. The van der Waals surface area contributed by atoms with Crippen molar-refractivity contribution in [2.75, 3.05) is 0 Å². The third-order valence-corrected chi connectivity index (χ3v) is 9.54. The second-order valence-corrected chi connectivity index (χ2v) is 14.3. The van der Waals surface area contributed by atoms with Gasteiger partial charge >= 0.3 is 11.9 Å². The Kier molecular flexibility index (Phi) is 11.4. The molecular formula is C40H36N6O9S. The number of primary sulfonamides is 1. The van der Waals surface area contributed by atoms with Crippen LogP contribution in [0.25, 0.3) is 33.5 Å². The van der Waals surface area contributed by atoms with Crippen LogP contribution in [0.2, 0.25) is 0 Å². The van der Waals surface area contributed by atoms with Crippen LogP contribution in [-0.4, -0.2) is 58.3 Å². The third-order valence-electron chi connectivity index (χ3n) is 8.63. The van der Waals surface area contributed by atoms with E-state index in [4.69, 9.17) is 25.8 Å². The molecule has 0 bridgehead atoms. The van der Waals surface area contributed by atoms with E-state index in [-0.39, 0.29) is 52.0 Å². The van der Waals surface area contributed by atoms with E-state index in [9.17, 15) is 33.0 Å². The highest BCUT2D eigenvalue weighted by Gasteiger charge is 2.28. The van der Waals surface area contributed by atoms with Crippen LogP contribution >= 0.6 is 0 Å². The molecule has 1 atom stereocenters. The first-order chi connectivity index (χ1) is 26.7. The van der Waals surface area contributed by atoms with E-state index in [1.807, 2.05) is 6.07 Å². The van der Waals surface area contributed by atoms with Crippen LogP contribution in [0, 0.1) is 5.41 Å². The molecule has 0 fully saturated rings. The molecular weight excluding hydrogens is 741 g/mol. The number of fused-ring (bicyclic) bond motifs is 1. The Balaban J connectivity index is 1.33. The summed E-state index contributed by atoms with van der Waals surface area (Å²) in [6.45, 7) is -0.182. The molecule has 0 spiro atoms. The fourth-order valence-electron chi connectivity index (χ4n) is 5.81. The number of ether oxygens (including phenoxy) is 2. The number of phenolic OH excluding ortho intramolecular Hbond substituents is 2. The lowest BCUT2D eigenvalue weighted by molar-refractivity contribution is -0.155. The minimum atomic E-state index is -4.24. The zero-order chi connectivity index (χ0) is 40.0. The van der Waals surface area contributed by atoms with Gasteiger partial charge in [-0.2, -0.15) is 0 Å². The van der Waals surface area contributed by atoms with Crippen molar-refractivity contribution in [3.8, 4) is 34.0 Å². The number of nitrogens with one attached hydrogen (secondary N) is 3. The summed E-state index contributed by atoms with van der Waals surface area (Å²) in [5, 5.41) is 38.2. The van der Waals surface area contributed by atoms with Crippen molar-refractivity contribution in [3.05, 3.63) is 131 Å². The molecule has 0 saturated carbocycles. The number of amidine groups is 1. The van der Waals surface area contributed by atoms with Crippen molar-refractivity contribution in [3.63, 3.8) is 0 Å². The van der Waals surface area contributed by atoms with Crippen molar-refractivity contribution >= 4 is 44.7 Å². The Morgan fingerprint density at radius 3 is 2.09 bits per heavy atom. The summed E-state index contributed by atoms with van der Waals surface area (Å²) in [7, 11) is -4.24. The number of benzene rings is 5. The maximum absolute atomic E-state index is 13.7. The number of rotatable bonds is 14. The van der Waals surface area contributed by atoms with Crippen LogP contribution in [-0.2, 0) is 53.5 Å². The number of hydrogen-bond donors (Lipinski definition) is 7. The van der Waals surface area contributed by atoms with Crippen LogP contribution in [0.3, 0.4) is 0 Å². The van der Waals surface area contributed by atoms with Crippen molar-refractivity contribution in [2.24, 2.45) is 10.9 Å². The summed E-state index contributed by atoms with van der Waals surface area (Å²) in [6, 6.07) is 27.1. The Morgan fingerprint density at radius 2 is 1.45 bits per heavy atom. The molecule has 15 nitrogen and oxygen atoms in total. The molecule has 6 rings (SSSR count). The number of sulfonamides is 1. The van der Waals surface area contributed by atoms with Crippen LogP contribution < -0.4 is 16.2 Å². The topological polar surface area (TPSA) is 261 Å². The number of aromatic hydroxyl groups is 2. The molecule has 286 valence electrons. The van der Waals surface area contributed by atoms with Gasteiger partial charge in [-0.25, -0.2) is 23.3 Å². The fourth-order valence-corrected chi connectivity index (χ4v) is 6.35. The molecule has 0 radical (unpaired) electrons. The largest absolute Gasteiger partial charge is 0.507 e. The first kappa shape index (κ1) is 38.7.